The molecule has 0 radical (unpaired) electrons. The average molecular weight is 341 g/mol. The zero-order chi connectivity index (χ0) is 14.5. The Hall–Kier alpha value is -1.40. The smallest absolute Gasteiger partial charge is 0.251 e. The van der Waals surface area contributed by atoms with Crippen molar-refractivity contribution in [3.8, 4) is 0 Å². The van der Waals surface area contributed by atoms with Crippen LogP contribution in [0.5, 0.6) is 0 Å². The lowest BCUT2D eigenvalue weighted by molar-refractivity contribution is -0.136. The highest BCUT2D eigenvalue weighted by Crippen LogP contribution is 2.10. The van der Waals surface area contributed by atoms with Crippen LogP contribution in [-0.4, -0.2) is 49.1 Å². The molecule has 1 atom stereocenters. The van der Waals surface area contributed by atoms with Crippen LogP contribution in [0.3, 0.4) is 0 Å². The standard InChI is InChI=1S/C14H17BrN2O3/c1-10(14(19)17-6-8-20-9-7-17)16-13(18)11-2-4-12(15)5-3-11/h2-5,10H,6-9H2,1H3,(H,16,18). The first-order chi connectivity index (χ1) is 9.58. The van der Waals surface area contributed by atoms with E-state index in [0.29, 0.717) is 31.9 Å². The van der Waals surface area contributed by atoms with Gasteiger partial charge >= 0.3 is 0 Å². The zero-order valence-corrected chi connectivity index (χ0v) is 12.9. The van der Waals surface area contributed by atoms with Crippen molar-refractivity contribution in [3.05, 3.63) is 34.3 Å². The molecule has 0 spiro atoms. The quantitative estimate of drug-likeness (QED) is 0.905. The fourth-order valence-electron chi connectivity index (χ4n) is 2.00. The third kappa shape index (κ3) is 3.80. The summed E-state index contributed by atoms with van der Waals surface area (Å²) >= 11 is 3.32. The molecular weight excluding hydrogens is 324 g/mol. The van der Waals surface area contributed by atoms with Gasteiger partial charge in [-0.1, -0.05) is 15.9 Å². The van der Waals surface area contributed by atoms with Crippen LogP contribution >= 0.6 is 15.9 Å². The van der Waals surface area contributed by atoms with Gasteiger partial charge in [0.1, 0.15) is 6.04 Å². The second-order valence-electron chi connectivity index (χ2n) is 4.64. The molecule has 1 aromatic rings. The van der Waals surface area contributed by atoms with Crippen molar-refractivity contribution in [1.82, 2.24) is 10.2 Å². The number of carbonyl (C=O) groups is 2. The van der Waals surface area contributed by atoms with Crippen LogP contribution in [0, 0.1) is 0 Å². The number of rotatable bonds is 3. The van der Waals surface area contributed by atoms with Gasteiger partial charge in [0.25, 0.3) is 5.91 Å². The van der Waals surface area contributed by atoms with Gasteiger partial charge in [-0.15, -0.1) is 0 Å². The third-order valence-corrected chi connectivity index (χ3v) is 3.68. The predicted octanol–water partition coefficient (Wildman–Crippen LogP) is 1.43. The first-order valence-electron chi connectivity index (χ1n) is 6.51. The molecule has 1 unspecified atom stereocenters. The van der Waals surface area contributed by atoms with Gasteiger partial charge in [-0.05, 0) is 31.2 Å². The maximum atomic E-state index is 12.2. The molecule has 1 aliphatic heterocycles. The van der Waals surface area contributed by atoms with Crippen LogP contribution in [0.2, 0.25) is 0 Å². The number of carbonyl (C=O) groups excluding carboxylic acids is 2. The van der Waals surface area contributed by atoms with E-state index in [-0.39, 0.29) is 11.8 Å². The van der Waals surface area contributed by atoms with Crippen LogP contribution in [0.4, 0.5) is 0 Å². The summed E-state index contributed by atoms with van der Waals surface area (Å²) in [5, 5.41) is 2.73. The van der Waals surface area contributed by atoms with Crippen molar-refractivity contribution in [2.75, 3.05) is 26.3 Å². The molecule has 0 saturated carbocycles. The summed E-state index contributed by atoms with van der Waals surface area (Å²) in [6.07, 6.45) is 0. The largest absolute Gasteiger partial charge is 0.378 e. The molecule has 0 bridgehead atoms. The van der Waals surface area contributed by atoms with E-state index in [4.69, 9.17) is 4.74 Å². The molecule has 108 valence electrons. The van der Waals surface area contributed by atoms with Gasteiger partial charge in [-0.2, -0.15) is 0 Å². The molecule has 1 saturated heterocycles. The molecular formula is C14H17BrN2O3. The lowest BCUT2D eigenvalue weighted by atomic mass is 10.2. The molecule has 1 aliphatic rings. The Morgan fingerprint density at radius 2 is 1.85 bits per heavy atom. The highest BCUT2D eigenvalue weighted by molar-refractivity contribution is 9.10. The third-order valence-electron chi connectivity index (χ3n) is 3.15. The molecule has 1 N–H and O–H groups in total. The minimum absolute atomic E-state index is 0.0706. The maximum Gasteiger partial charge on any atom is 0.251 e. The number of hydrogen-bond donors (Lipinski definition) is 1. The van der Waals surface area contributed by atoms with E-state index in [9.17, 15) is 9.59 Å². The Morgan fingerprint density at radius 3 is 2.45 bits per heavy atom. The molecule has 5 nitrogen and oxygen atoms in total. The summed E-state index contributed by atoms with van der Waals surface area (Å²) in [4.78, 5) is 25.9. The van der Waals surface area contributed by atoms with Gasteiger partial charge in [0.05, 0.1) is 13.2 Å². The van der Waals surface area contributed by atoms with Crippen molar-refractivity contribution in [3.63, 3.8) is 0 Å². The Morgan fingerprint density at radius 1 is 1.25 bits per heavy atom. The summed E-state index contributed by atoms with van der Waals surface area (Å²) in [6, 6.07) is 6.48. The van der Waals surface area contributed by atoms with E-state index in [1.807, 2.05) is 0 Å². The van der Waals surface area contributed by atoms with Crippen molar-refractivity contribution in [1.29, 1.82) is 0 Å². The Balaban J connectivity index is 1.92. The topological polar surface area (TPSA) is 58.6 Å². The zero-order valence-electron chi connectivity index (χ0n) is 11.3. The molecule has 0 aromatic heterocycles. The van der Waals surface area contributed by atoms with E-state index in [2.05, 4.69) is 21.2 Å². The fraction of sp³-hybridized carbons (Fsp3) is 0.429. The average Bonchev–Trinajstić information content (AvgIpc) is 2.48. The first kappa shape index (κ1) is 15.0. The van der Waals surface area contributed by atoms with Crippen LogP contribution in [0.25, 0.3) is 0 Å². The predicted molar refractivity (Wildman–Crippen MR) is 78.5 cm³/mol. The molecule has 2 amide bonds. The van der Waals surface area contributed by atoms with Crippen LogP contribution in [0.1, 0.15) is 17.3 Å². The van der Waals surface area contributed by atoms with E-state index in [0.717, 1.165) is 4.47 Å². The lowest BCUT2D eigenvalue weighted by Gasteiger charge is -2.29. The summed E-state index contributed by atoms with van der Waals surface area (Å²) in [7, 11) is 0. The second kappa shape index (κ2) is 6.85. The second-order valence-corrected chi connectivity index (χ2v) is 5.56. The van der Waals surface area contributed by atoms with Crippen molar-refractivity contribution in [2.45, 2.75) is 13.0 Å². The number of nitrogens with one attached hydrogen (secondary N) is 1. The van der Waals surface area contributed by atoms with Gasteiger partial charge < -0.3 is 15.0 Å². The van der Waals surface area contributed by atoms with Crippen LogP contribution in [0.15, 0.2) is 28.7 Å². The Bertz CT molecular complexity index is 484. The highest BCUT2D eigenvalue weighted by atomic mass is 79.9. The molecule has 1 heterocycles. The van der Waals surface area contributed by atoms with Crippen LogP contribution in [-0.2, 0) is 9.53 Å². The maximum absolute atomic E-state index is 12.2. The van der Waals surface area contributed by atoms with Crippen LogP contribution < -0.4 is 5.32 Å². The minimum Gasteiger partial charge on any atom is -0.378 e. The summed E-state index contributed by atoms with van der Waals surface area (Å²) in [6.45, 7) is 3.97. The SMILES string of the molecule is CC(NC(=O)c1ccc(Br)cc1)C(=O)N1CCOCC1. The van der Waals surface area contributed by atoms with Crippen molar-refractivity contribution < 1.29 is 14.3 Å². The lowest BCUT2D eigenvalue weighted by Crippen LogP contribution is -2.50. The van der Waals surface area contributed by atoms with Gasteiger partial charge in [0.15, 0.2) is 0 Å². The number of halogens is 1. The number of ether oxygens (including phenoxy) is 1. The summed E-state index contributed by atoms with van der Waals surface area (Å²) in [5.74, 6) is -0.314. The number of nitrogens with zero attached hydrogens (tertiary/aromatic N) is 1. The van der Waals surface area contributed by atoms with Gasteiger partial charge in [0.2, 0.25) is 5.91 Å². The van der Waals surface area contributed by atoms with Gasteiger partial charge in [-0.3, -0.25) is 9.59 Å². The monoisotopic (exact) mass is 340 g/mol. The van der Waals surface area contributed by atoms with Crippen molar-refractivity contribution in [2.24, 2.45) is 0 Å². The molecule has 6 heteroatoms. The summed E-state index contributed by atoms with van der Waals surface area (Å²) in [5.41, 5.74) is 0.537. The Labute approximate surface area is 126 Å². The number of hydrogen-bond acceptors (Lipinski definition) is 3. The van der Waals surface area contributed by atoms with Gasteiger partial charge in [0, 0.05) is 23.1 Å². The minimum atomic E-state index is -0.538. The van der Waals surface area contributed by atoms with E-state index >= 15 is 0 Å². The normalized spacial score (nSPS) is 16.6. The first-order valence-corrected chi connectivity index (χ1v) is 7.30. The van der Waals surface area contributed by atoms with Gasteiger partial charge in [-0.25, -0.2) is 0 Å². The number of amides is 2. The number of benzene rings is 1. The molecule has 20 heavy (non-hydrogen) atoms. The Kier molecular flexibility index (Phi) is 5.14. The molecule has 1 fully saturated rings. The molecule has 1 aromatic carbocycles. The summed E-state index contributed by atoms with van der Waals surface area (Å²) < 4.78 is 6.11. The van der Waals surface area contributed by atoms with Crippen molar-refractivity contribution >= 4 is 27.7 Å². The highest BCUT2D eigenvalue weighted by Gasteiger charge is 2.23. The fourth-order valence-corrected chi connectivity index (χ4v) is 2.26. The molecule has 2 rings (SSSR count). The van der Waals surface area contributed by atoms with E-state index in [1.165, 1.54) is 0 Å². The van der Waals surface area contributed by atoms with E-state index in [1.54, 1.807) is 36.1 Å². The molecule has 0 aliphatic carbocycles. The van der Waals surface area contributed by atoms with E-state index < -0.39 is 6.04 Å². The number of morpholine rings is 1.